The molecule has 1 aromatic rings. The number of benzene rings is 1. The minimum atomic E-state index is -0.117. The molecule has 0 aliphatic heterocycles. The van der Waals surface area contributed by atoms with Gasteiger partial charge >= 0.3 is 0 Å². The van der Waals surface area contributed by atoms with E-state index in [4.69, 9.17) is 4.74 Å². The number of hydrogen-bond donors (Lipinski definition) is 1. The molecule has 0 saturated heterocycles. The molecule has 1 aromatic carbocycles. The van der Waals surface area contributed by atoms with E-state index in [1.807, 2.05) is 19.1 Å². The van der Waals surface area contributed by atoms with Crippen LogP contribution in [0.5, 0.6) is 5.75 Å². The molecule has 1 fully saturated rings. The lowest BCUT2D eigenvalue weighted by molar-refractivity contribution is 0.152. The molecule has 2 atom stereocenters. The summed E-state index contributed by atoms with van der Waals surface area (Å²) >= 11 is 0. The van der Waals surface area contributed by atoms with Gasteiger partial charge in [-0.2, -0.15) is 0 Å². The predicted molar refractivity (Wildman–Crippen MR) is 69.4 cm³/mol. The average Bonchev–Trinajstić information content (AvgIpc) is 2.55. The summed E-state index contributed by atoms with van der Waals surface area (Å²) in [5.74, 6) is 1.45. The zero-order valence-corrected chi connectivity index (χ0v) is 10.6. The molecule has 0 amide bonds. The van der Waals surface area contributed by atoms with E-state index in [0.717, 1.165) is 25.0 Å². The lowest BCUT2D eigenvalue weighted by atomic mass is 9.91. The first-order valence-corrected chi connectivity index (χ1v) is 6.70. The van der Waals surface area contributed by atoms with Gasteiger partial charge in [-0.05, 0) is 49.8 Å². The van der Waals surface area contributed by atoms with Gasteiger partial charge in [-0.3, -0.25) is 0 Å². The van der Waals surface area contributed by atoms with Crippen molar-refractivity contribution in [1.29, 1.82) is 0 Å². The number of aliphatic hydroxyl groups excluding tert-OH is 1. The van der Waals surface area contributed by atoms with Crippen molar-refractivity contribution in [2.45, 2.75) is 51.0 Å². The Hall–Kier alpha value is -1.02. The molecule has 1 aliphatic carbocycles. The Bertz CT molecular complexity index is 331. The molecule has 1 saturated carbocycles. The van der Waals surface area contributed by atoms with Gasteiger partial charge in [0, 0.05) is 0 Å². The highest BCUT2D eigenvalue weighted by Gasteiger charge is 2.19. The molecule has 0 bridgehead atoms. The molecule has 2 rings (SSSR count). The number of ether oxygens (including phenoxy) is 1. The Labute approximate surface area is 104 Å². The Balaban J connectivity index is 2.04. The van der Waals surface area contributed by atoms with Crippen molar-refractivity contribution < 1.29 is 9.84 Å². The first kappa shape index (κ1) is 12.4. The summed E-state index contributed by atoms with van der Waals surface area (Å²) in [6.45, 7) is 2.71. The van der Waals surface area contributed by atoms with Crippen LogP contribution in [0.4, 0.5) is 0 Å². The average molecular weight is 234 g/mol. The third-order valence-corrected chi connectivity index (χ3v) is 3.56. The van der Waals surface area contributed by atoms with Crippen molar-refractivity contribution in [1.82, 2.24) is 0 Å². The molecule has 0 aromatic heterocycles. The molecule has 94 valence electrons. The van der Waals surface area contributed by atoms with E-state index in [0.29, 0.717) is 12.5 Å². The van der Waals surface area contributed by atoms with Crippen LogP contribution in [0.3, 0.4) is 0 Å². The SMILES string of the molecule is CCOc1ccc(C2CCCCC(O)C2)cc1. The smallest absolute Gasteiger partial charge is 0.119 e. The van der Waals surface area contributed by atoms with Crippen molar-refractivity contribution in [3.63, 3.8) is 0 Å². The van der Waals surface area contributed by atoms with Gasteiger partial charge in [-0.1, -0.05) is 25.0 Å². The van der Waals surface area contributed by atoms with Crippen molar-refractivity contribution in [3.8, 4) is 5.75 Å². The van der Waals surface area contributed by atoms with Crippen LogP contribution in [0.15, 0.2) is 24.3 Å². The Morgan fingerprint density at radius 2 is 1.88 bits per heavy atom. The fourth-order valence-corrected chi connectivity index (χ4v) is 2.64. The van der Waals surface area contributed by atoms with Gasteiger partial charge in [-0.15, -0.1) is 0 Å². The van der Waals surface area contributed by atoms with Crippen molar-refractivity contribution in [2.24, 2.45) is 0 Å². The third kappa shape index (κ3) is 3.47. The topological polar surface area (TPSA) is 29.5 Å². The Morgan fingerprint density at radius 3 is 2.59 bits per heavy atom. The van der Waals surface area contributed by atoms with Crippen LogP contribution in [0.2, 0.25) is 0 Å². The van der Waals surface area contributed by atoms with Crippen LogP contribution < -0.4 is 4.74 Å². The summed E-state index contributed by atoms with van der Waals surface area (Å²) in [6, 6.07) is 8.37. The minimum Gasteiger partial charge on any atom is -0.494 e. The maximum atomic E-state index is 9.84. The zero-order valence-electron chi connectivity index (χ0n) is 10.6. The molecular weight excluding hydrogens is 212 g/mol. The van der Waals surface area contributed by atoms with Gasteiger partial charge in [0.25, 0.3) is 0 Å². The maximum absolute atomic E-state index is 9.84. The van der Waals surface area contributed by atoms with E-state index in [2.05, 4.69) is 12.1 Å². The van der Waals surface area contributed by atoms with Crippen LogP contribution in [0.25, 0.3) is 0 Å². The largest absolute Gasteiger partial charge is 0.494 e. The Kier molecular flexibility index (Phi) is 4.43. The highest BCUT2D eigenvalue weighted by molar-refractivity contribution is 5.29. The lowest BCUT2D eigenvalue weighted by Crippen LogP contribution is -2.09. The molecule has 2 nitrogen and oxygen atoms in total. The van der Waals surface area contributed by atoms with Crippen LogP contribution in [-0.4, -0.2) is 17.8 Å². The van der Waals surface area contributed by atoms with Crippen molar-refractivity contribution in [3.05, 3.63) is 29.8 Å². The highest BCUT2D eigenvalue weighted by Crippen LogP contribution is 2.32. The summed E-state index contributed by atoms with van der Waals surface area (Å²) in [6.07, 6.45) is 5.35. The normalized spacial score (nSPS) is 25.3. The summed E-state index contributed by atoms with van der Waals surface area (Å²) in [7, 11) is 0. The van der Waals surface area contributed by atoms with Crippen LogP contribution in [-0.2, 0) is 0 Å². The van der Waals surface area contributed by atoms with E-state index in [9.17, 15) is 5.11 Å². The van der Waals surface area contributed by atoms with E-state index in [1.165, 1.54) is 18.4 Å². The van der Waals surface area contributed by atoms with Crippen LogP contribution >= 0.6 is 0 Å². The number of rotatable bonds is 3. The predicted octanol–water partition coefficient (Wildman–Crippen LogP) is 3.49. The summed E-state index contributed by atoms with van der Waals surface area (Å²) in [5, 5.41) is 9.84. The van der Waals surface area contributed by atoms with E-state index < -0.39 is 0 Å². The molecular formula is C15H22O2. The molecule has 0 spiro atoms. The molecule has 2 unspecified atom stereocenters. The van der Waals surface area contributed by atoms with Gasteiger partial charge < -0.3 is 9.84 Å². The van der Waals surface area contributed by atoms with E-state index in [-0.39, 0.29) is 6.10 Å². The fourth-order valence-electron chi connectivity index (χ4n) is 2.64. The molecule has 2 heteroatoms. The first-order chi connectivity index (χ1) is 8.29. The van der Waals surface area contributed by atoms with Gasteiger partial charge in [0.05, 0.1) is 12.7 Å². The molecule has 1 N–H and O–H groups in total. The van der Waals surface area contributed by atoms with Gasteiger partial charge in [-0.25, -0.2) is 0 Å². The second-order valence-electron chi connectivity index (χ2n) is 4.87. The molecule has 1 aliphatic rings. The first-order valence-electron chi connectivity index (χ1n) is 6.70. The number of hydrogen-bond acceptors (Lipinski definition) is 2. The van der Waals surface area contributed by atoms with Crippen LogP contribution in [0.1, 0.15) is 50.5 Å². The van der Waals surface area contributed by atoms with Gasteiger partial charge in [0.2, 0.25) is 0 Å². The highest BCUT2D eigenvalue weighted by atomic mass is 16.5. The lowest BCUT2D eigenvalue weighted by Gasteiger charge is -2.17. The van der Waals surface area contributed by atoms with E-state index >= 15 is 0 Å². The second-order valence-corrected chi connectivity index (χ2v) is 4.87. The maximum Gasteiger partial charge on any atom is 0.119 e. The van der Waals surface area contributed by atoms with Gasteiger partial charge in [0.1, 0.15) is 5.75 Å². The summed E-state index contributed by atoms with van der Waals surface area (Å²) < 4.78 is 5.44. The Morgan fingerprint density at radius 1 is 1.18 bits per heavy atom. The monoisotopic (exact) mass is 234 g/mol. The van der Waals surface area contributed by atoms with Crippen LogP contribution in [0, 0.1) is 0 Å². The second kappa shape index (κ2) is 6.06. The molecule has 0 radical (unpaired) electrons. The molecule has 17 heavy (non-hydrogen) atoms. The minimum absolute atomic E-state index is 0.117. The zero-order chi connectivity index (χ0) is 12.1. The van der Waals surface area contributed by atoms with E-state index in [1.54, 1.807) is 0 Å². The molecule has 0 heterocycles. The van der Waals surface area contributed by atoms with Crippen molar-refractivity contribution in [2.75, 3.05) is 6.61 Å². The van der Waals surface area contributed by atoms with Gasteiger partial charge in [0.15, 0.2) is 0 Å². The summed E-state index contributed by atoms with van der Waals surface area (Å²) in [5.41, 5.74) is 1.34. The number of aliphatic hydroxyl groups is 1. The third-order valence-electron chi connectivity index (χ3n) is 3.56. The van der Waals surface area contributed by atoms with Crippen molar-refractivity contribution >= 4 is 0 Å². The fraction of sp³-hybridized carbons (Fsp3) is 0.600. The summed E-state index contributed by atoms with van der Waals surface area (Å²) in [4.78, 5) is 0. The quantitative estimate of drug-likeness (QED) is 0.811. The standard InChI is InChI=1S/C15H22O2/c1-2-17-15-9-7-12(8-10-15)13-5-3-4-6-14(16)11-13/h7-10,13-14,16H,2-6,11H2,1H3.